The van der Waals surface area contributed by atoms with Crippen LogP contribution in [0.15, 0.2) is 12.7 Å². The zero-order valence-electron chi connectivity index (χ0n) is 9.09. The van der Waals surface area contributed by atoms with Gasteiger partial charge < -0.3 is 15.4 Å². The Labute approximate surface area is 86.9 Å². The highest BCUT2D eigenvalue weighted by atomic mass is 16.5. The van der Waals surface area contributed by atoms with Gasteiger partial charge in [0.1, 0.15) is 0 Å². The molecule has 0 radical (unpaired) electrons. The molecule has 2 N–H and O–H groups in total. The SMILES string of the molecule is C=CCNCCNC1CC(OCC)C1. The van der Waals surface area contributed by atoms with E-state index in [9.17, 15) is 0 Å². The molecular formula is C11H22N2O. The van der Waals surface area contributed by atoms with Gasteiger partial charge in [0, 0.05) is 32.3 Å². The van der Waals surface area contributed by atoms with E-state index in [0.717, 1.165) is 26.2 Å². The first-order valence-electron chi connectivity index (χ1n) is 5.53. The van der Waals surface area contributed by atoms with E-state index in [4.69, 9.17) is 4.74 Å². The van der Waals surface area contributed by atoms with Crippen LogP contribution in [0.25, 0.3) is 0 Å². The van der Waals surface area contributed by atoms with Crippen molar-refractivity contribution in [3.63, 3.8) is 0 Å². The van der Waals surface area contributed by atoms with E-state index in [-0.39, 0.29) is 0 Å². The molecule has 0 aromatic heterocycles. The van der Waals surface area contributed by atoms with Gasteiger partial charge in [0.25, 0.3) is 0 Å². The van der Waals surface area contributed by atoms with Gasteiger partial charge in [-0.3, -0.25) is 0 Å². The third kappa shape index (κ3) is 4.22. The van der Waals surface area contributed by atoms with Crippen molar-refractivity contribution >= 4 is 0 Å². The van der Waals surface area contributed by atoms with Crippen molar-refractivity contribution in [2.24, 2.45) is 0 Å². The minimum atomic E-state index is 0.513. The van der Waals surface area contributed by atoms with Crippen LogP contribution in [0.2, 0.25) is 0 Å². The first-order chi connectivity index (χ1) is 6.86. The number of hydrogen-bond donors (Lipinski definition) is 2. The van der Waals surface area contributed by atoms with Crippen LogP contribution in [0.4, 0.5) is 0 Å². The molecule has 0 heterocycles. The van der Waals surface area contributed by atoms with Gasteiger partial charge in [-0.2, -0.15) is 0 Å². The quantitative estimate of drug-likeness (QED) is 0.449. The summed E-state index contributed by atoms with van der Waals surface area (Å²) in [7, 11) is 0. The minimum Gasteiger partial charge on any atom is -0.378 e. The fraction of sp³-hybridized carbons (Fsp3) is 0.818. The van der Waals surface area contributed by atoms with Crippen molar-refractivity contribution in [1.29, 1.82) is 0 Å². The maximum Gasteiger partial charge on any atom is 0.0604 e. The van der Waals surface area contributed by atoms with E-state index in [0.29, 0.717) is 12.1 Å². The summed E-state index contributed by atoms with van der Waals surface area (Å²) < 4.78 is 5.48. The van der Waals surface area contributed by atoms with E-state index >= 15 is 0 Å². The highest BCUT2D eigenvalue weighted by Gasteiger charge is 2.28. The normalized spacial score (nSPS) is 25.8. The number of rotatable bonds is 8. The molecular weight excluding hydrogens is 176 g/mol. The van der Waals surface area contributed by atoms with Crippen molar-refractivity contribution in [3.05, 3.63) is 12.7 Å². The van der Waals surface area contributed by atoms with Crippen LogP contribution in [-0.4, -0.2) is 38.4 Å². The van der Waals surface area contributed by atoms with Gasteiger partial charge in [-0.25, -0.2) is 0 Å². The first-order valence-corrected chi connectivity index (χ1v) is 5.53. The van der Waals surface area contributed by atoms with E-state index in [1.807, 2.05) is 6.08 Å². The Morgan fingerprint density at radius 2 is 2.21 bits per heavy atom. The van der Waals surface area contributed by atoms with Crippen molar-refractivity contribution in [2.75, 3.05) is 26.2 Å². The number of nitrogens with one attached hydrogen (secondary N) is 2. The van der Waals surface area contributed by atoms with Crippen LogP contribution in [0, 0.1) is 0 Å². The predicted molar refractivity (Wildman–Crippen MR) is 59.5 cm³/mol. The third-order valence-electron chi connectivity index (χ3n) is 2.52. The molecule has 0 atom stereocenters. The third-order valence-corrected chi connectivity index (χ3v) is 2.52. The molecule has 1 aliphatic carbocycles. The minimum absolute atomic E-state index is 0.513. The average molecular weight is 198 g/mol. The van der Waals surface area contributed by atoms with Crippen molar-refractivity contribution in [2.45, 2.75) is 31.9 Å². The summed E-state index contributed by atoms with van der Waals surface area (Å²) in [5, 5.41) is 6.75. The summed E-state index contributed by atoms with van der Waals surface area (Å²) in [6, 6.07) is 0.678. The fourth-order valence-corrected chi connectivity index (χ4v) is 1.67. The van der Waals surface area contributed by atoms with Crippen molar-refractivity contribution in [1.82, 2.24) is 10.6 Å². The molecule has 0 spiro atoms. The Morgan fingerprint density at radius 1 is 1.43 bits per heavy atom. The van der Waals surface area contributed by atoms with Gasteiger partial charge in [0.2, 0.25) is 0 Å². The largest absolute Gasteiger partial charge is 0.378 e. The summed E-state index contributed by atoms with van der Waals surface area (Å²) in [5.41, 5.74) is 0. The fourth-order valence-electron chi connectivity index (χ4n) is 1.67. The molecule has 0 unspecified atom stereocenters. The van der Waals surface area contributed by atoms with Gasteiger partial charge in [-0.05, 0) is 19.8 Å². The lowest BCUT2D eigenvalue weighted by Crippen LogP contribution is -2.47. The zero-order chi connectivity index (χ0) is 10.2. The Hall–Kier alpha value is -0.380. The van der Waals surface area contributed by atoms with Crippen molar-refractivity contribution < 1.29 is 4.74 Å². The van der Waals surface area contributed by atoms with Crippen LogP contribution in [0.5, 0.6) is 0 Å². The lowest BCUT2D eigenvalue weighted by atomic mass is 9.89. The smallest absolute Gasteiger partial charge is 0.0604 e. The molecule has 3 heteroatoms. The first kappa shape index (κ1) is 11.7. The van der Waals surface area contributed by atoms with Crippen LogP contribution in [0.1, 0.15) is 19.8 Å². The van der Waals surface area contributed by atoms with Crippen LogP contribution in [-0.2, 0) is 4.74 Å². The monoisotopic (exact) mass is 198 g/mol. The lowest BCUT2D eigenvalue weighted by molar-refractivity contribution is -0.00958. The molecule has 14 heavy (non-hydrogen) atoms. The molecule has 1 rings (SSSR count). The van der Waals surface area contributed by atoms with Crippen LogP contribution >= 0.6 is 0 Å². The number of hydrogen-bond acceptors (Lipinski definition) is 3. The molecule has 0 aromatic rings. The predicted octanol–water partition coefficient (Wildman–Crippen LogP) is 0.919. The Bertz CT molecular complexity index is 155. The van der Waals surface area contributed by atoms with E-state index in [2.05, 4.69) is 24.1 Å². The zero-order valence-corrected chi connectivity index (χ0v) is 9.09. The van der Waals surface area contributed by atoms with Gasteiger partial charge in [0.15, 0.2) is 0 Å². The summed E-state index contributed by atoms with van der Waals surface area (Å²) in [4.78, 5) is 0. The second-order valence-electron chi connectivity index (χ2n) is 3.69. The van der Waals surface area contributed by atoms with E-state index in [1.165, 1.54) is 12.8 Å². The second kappa shape index (κ2) is 6.98. The van der Waals surface area contributed by atoms with Gasteiger partial charge >= 0.3 is 0 Å². The molecule has 82 valence electrons. The lowest BCUT2D eigenvalue weighted by Gasteiger charge is -2.35. The maximum atomic E-state index is 5.48. The molecule has 0 aromatic carbocycles. The highest BCUT2D eigenvalue weighted by Crippen LogP contribution is 2.22. The molecule has 1 saturated carbocycles. The molecule has 0 amide bonds. The summed E-state index contributed by atoms with van der Waals surface area (Å²) in [6.07, 6.45) is 4.75. The molecule has 1 aliphatic rings. The van der Waals surface area contributed by atoms with Gasteiger partial charge in [-0.15, -0.1) is 6.58 Å². The average Bonchev–Trinajstić information content (AvgIpc) is 2.13. The van der Waals surface area contributed by atoms with Crippen LogP contribution in [0.3, 0.4) is 0 Å². The van der Waals surface area contributed by atoms with E-state index < -0.39 is 0 Å². The molecule has 0 bridgehead atoms. The maximum absolute atomic E-state index is 5.48. The van der Waals surface area contributed by atoms with Gasteiger partial charge in [0.05, 0.1) is 6.10 Å². The van der Waals surface area contributed by atoms with Crippen molar-refractivity contribution in [3.8, 4) is 0 Å². The Morgan fingerprint density at radius 3 is 2.86 bits per heavy atom. The summed E-state index contributed by atoms with van der Waals surface area (Å²) in [5.74, 6) is 0. The highest BCUT2D eigenvalue weighted by molar-refractivity contribution is 4.86. The molecule has 0 aliphatic heterocycles. The molecule has 1 fully saturated rings. The van der Waals surface area contributed by atoms with Crippen LogP contribution < -0.4 is 10.6 Å². The molecule has 3 nitrogen and oxygen atoms in total. The van der Waals surface area contributed by atoms with E-state index in [1.54, 1.807) is 0 Å². The Kier molecular flexibility index (Phi) is 5.83. The molecule has 0 saturated heterocycles. The Balaban J connectivity index is 1.83. The second-order valence-corrected chi connectivity index (χ2v) is 3.69. The summed E-state index contributed by atoms with van der Waals surface area (Å²) >= 11 is 0. The topological polar surface area (TPSA) is 33.3 Å². The van der Waals surface area contributed by atoms with Gasteiger partial charge in [-0.1, -0.05) is 6.08 Å². The number of ether oxygens (including phenoxy) is 1. The summed E-state index contributed by atoms with van der Waals surface area (Å²) in [6.45, 7) is 9.50. The standard InChI is InChI=1S/C11H22N2O/c1-3-5-12-6-7-13-10-8-11(9-10)14-4-2/h3,10-13H,1,4-9H2,2H3.